The van der Waals surface area contributed by atoms with Crippen molar-refractivity contribution in [3.63, 3.8) is 0 Å². The highest BCUT2D eigenvalue weighted by Gasteiger charge is 2.28. The standard InChI is InChI=1S/C59H47N3O2/c1-58(2,3)42-28-29-49(48(36-42)37-17-8-6-9-18-37)62-50-25-16-24-45(55(50)61-57(62)46-23-14-15-26-51(46)63)39-33-40(35-43(34-39)59(4,5)41-20-10-7-11-21-41)54-56-47(31-32-60-54)53-44-22-13-12-19-38(44)27-30-52(53)64-56/h6-36,63H,1-5H3. The molecule has 0 saturated heterocycles. The number of fused-ring (bicyclic) bond motifs is 6. The molecular weight excluding hydrogens is 783 g/mol. The molecule has 0 atom stereocenters. The van der Waals surface area contributed by atoms with Gasteiger partial charge in [-0.05, 0) is 98.6 Å². The number of aromatic hydroxyl groups is 1. The summed E-state index contributed by atoms with van der Waals surface area (Å²) >= 11 is 0. The molecule has 0 aliphatic carbocycles. The van der Waals surface area contributed by atoms with E-state index in [1.54, 1.807) is 6.07 Å². The molecule has 3 aromatic heterocycles. The first-order valence-corrected chi connectivity index (χ1v) is 22.0. The van der Waals surface area contributed by atoms with Crippen LogP contribution in [-0.4, -0.2) is 19.6 Å². The molecule has 11 rings (SSSR count). The van der Waals surface area contributed by atoms with Crippen LogP contribution in [0.1, 0.15) is 51.3 Å². The van der Waals surface area contributed by atoms with E-state index in [1.807, 2.05) is 24.4 Å². The van der Waals surface area contributed by atoms with Crippen LogP contribution >= 0.6 is 0 Å². The van der Waals surface area contributed by atoms with Gasteiger partial charge in [0.05, 0.1) is 22.3 Å². The summed E-state index contributed by atoms with van der Waals surface area (Å²) in [5, 5.41) is 16.0. The fraction of sp³-hybridized carbons (Fsp3) is 0.119. The van der Waals surface area contributed by atoms with Gasteiger partial charge in [-0.3, -0.25) is 9.55 Å². The molecule has 11 aromatic rings. The summed E-state index contributed by atoms with van der Waals surface area (Å²) in [6.45, 7) is 11.3. The van der Waals surface area contributed by atoms with Crippen LogP contribution in [-0.2, 0) is 10.8 Å². The minimum absolute atomic E-state index is 0.0711. The molecule has 0 amide bonds. The van der Waals surface area contributed by atoms with Crippen molar-refractivity contribution in [2.45, 2.75) is 45.4 Å². The van der Waals surface area contributed by atoms with E-state index < -0.39 is 0 Å². The first kappa shape index (κ1) is 39.1. The van der Waals surface area contributed by atoms with E-state index in [4.69, 9.17) is 14.4 Å². The van der Waals surface area contributed by atoms with Gasteiger partial charge in [-0.15, -0.1) is 0 Å². The maximum Gasteiger partial charge on any atom is 0.161 e. The van der Waals surface area contributed by atoms with Crippen LogP contribution in [0, 0.1) is 0 Å². The van der Waals surface area contributed by atoms with Gasteiger partial charge in [-0.2, -0.15) is 0 Å². The van der Waals surface area contributed by atoms with Gasteiger partial charge in [0.2, 0.25) is 0 Å². The number of hydrogen-bond acceptors (Lipinski definition) is 4. The summed E-state index contributed by atoms with van der Waals surface area (Å²) in [6.07, 6.45) is 1.90. The Morgan fingerprint density at radius 3 is 2.05 bits per heavy atom. The van der Waals surface area contributed by atoms with E-state index in [-0.39, 0.29) is 16.6 Å². The first-order chi connectivity index (χ1) is 31.0. The Kier molecular flexibility index (Phi) is 9.14. The van der Waals surface area contributed by atoms with Crippen molar-refractivity contribution in [3.8, 4) is 56.3 Å². The number of rotatable bonds is 7. The fourth-order valence-corrected chi connectivity index (χ4v) is 9.45. The Bertz CT molecular complexity index is 3570. The Morgan fingerprint density at radius 2 is 1.25 bits per heavy atom. The van der Waals surface area contributed by atoms with Gasteiger partial charge in [0, 0.05) is 39.1 Å². The van der Waals surface area contributed by atoms with Crippen molar-refractivity contribution < 1.29 is 9.52 Å². The van der Waals surface area contributed by atoms with Crippen LogP contribution in [0.5, 0.6) is 5.75 Å². The van der Waals surface area contributed by atoms with Crippen LogP contribution in [0.25, 0.3) is 94.3 Å². The van der Waals surface area contributed by atoms with Gasteiger partial charge >= 0.3 is 0 Å². The van der Waals surface area contributed by atoms with Crippen molar-refractivity contribution in [1.29, 1.82) is 0 Å². The highest BCUT2D eigenvalue weighted by Crippen LogP contribution is 2.45. The average molecular weight is 830 g/mol. The minimum Gasteiger partial charge on any atom is -0.507 e. The Hall–Kier alpha value is -7.76. The number of nitrogens with zero attached hydrogens (tertiary/aromatic N) is 3. The summed E-state index contributed by atoms with van der Waals surface area (Å²) in [5.41, 5.74) is 14.0. The summed E-state index contributed by atoms with van der Waals surface area (Å²) in [5.74, 6) is 0.822. The summed E-state index contributed by atoms with van der Waals surface area (Å²) in [7, 11) is 0. The molecule has 0 aliphatic rings. The molecule has 5 nitrogen and oxygen atoms in total. The van der Waals surface area contributed by atoms with Gasteiger partial charge in [0.25, 0.3) is 0 Å². The summed E-state index contributed by atoms with van der Waals surface area (Å²) < 4.78 is 9.00. The summed E-state index contributed by atoms with van der Waals surface area (Å²) in [6, 6.07) is 63.4. The Labute approximate surface area is 373 Å². The van der Waals surface area contributed by atoms with E-state index in [0.717, 1.165) is 83.1 Å². The molecule has 0 radical (unpaired) electrons. The second-order valence-corrected chi connectivity index (χ2v) is 18.4. The predicted molar refractivity (Wildman–Crippen MR) is 264 cm³/mol. The van der Waals surface area contributed by atoms with Gasteiger partial charge in [0.1, 0.15) is 22.9 Å². The molecule has 0 aliphatic heterocycles. The zero-order valence-electron chi connectivity index (χ0n) is 36.6. The number of furan rings is 1. The lowest BCUT2D eigenvalue weighted by atomic mass is 9.76. The first-order valence-electron chi connectivity index (χ1n) is 22.0. The van der Waals surface area contributed by atoms with Crippen LogP contribution in [0.3, 0.4) is 0 Å². The number of para-hydroxylation sites is 2. The van der Waals surface area contributed by atoms with E-state index in [9.17, 15) is 5.11 Å². The number of hydrogen-bond donors (Lipinski definition) is 1. The average Bonchev–Trinajstić information content (AvgIpc) is 3.91. The topological polar surface area (TPSA) is 64.1 Å². The highest BCUT2D eigenvalue weighted by atomic mass is 16.3. The molecule has 0 fully saturated rings. The summed E-state index contributed by atoms with van der Waals surface area (Å²) in [4.78, 5) is 10.6. The van der Waals surface area contributed by atoms with E-state index in [2.05, 4.69) is 197 Å². The normalized spacial score (nSPS) is 12.2. The highest BCUT2D eigenvalue weighted by molar-refractivity contribution is 6.20. The minimum atomic E-state index is -0.377. The third kappa shape index (κ3) is 6.46. The maximum absolute atomic E-state index is 11.5. The smallest absolute Gasteiger partial charge is 0.161 e. The SMILES string of the molecule is CC(C)(C)c1ccc(-n2c(-c3ccccc3O)nc3c(-c4cc(-c5nccc6c5oc5ccc7ccccc7c56)cc(C(C)(C)c5ccccc5)c4)cccc32)c(-c2ccccc2)c1. The van der Waals surface area contributed by atoms with Crippen molar-refractivity contribution >= 4 is 43.7 Å². The molecule has 8 aromatic carbocycles. The van der Waals surface area contributed by atoms with Crippen molar-refractivity contribution in [2.75, 3.05) is 0 Å². The fourth-order valence-electron chi connectivity index (χ4n) is 9.45. The van der Waals surface area contributed by atoms with Crippen LogP contribution in [0.2, 0.25) is 0 Å². The Morgan fingerprint density at radius 1 is 0.531 bits per heavy atom. The number of imidazole rings is 1. The third-order valence-electron chi connectivity index (χ3n) is 13.0. The molecular formula is C59H47N3O2. The molecule has 0 saturated carbocycles. The second-order valence-electron chi connectivity index (χ2n) is 18.4. The van der Waals surface area contributed by atoms with Gasteiger partial charge in [-0.25, -0.2) is 4.98 Å². The van der Waals surface area contributed by atoms with Gasteiger partial charge < -0.3 is 9.52 Å². The lowest BCUT2D eigenvalue weighted by Crippen LogP contribution is -2.19. The van der Waals surface area contributed by atoms with Crippen LogP contribution in [0.15, 0.2) is 193 Å². The van der Waals surface area contributed by atoms with Crippen LogP contribution < -0.4 is 0 Å². The second kappa shape index (κ2) is 15.0. The number of pyridine rings is 1. The zero-order chi connectivity index (χ0) is 43.7. The number of phenols is 1. The molecule has 3 heterocycles. The predicted octanol–water partition coefficient (Wildman–Crippen LogP) is 15.5. The van der Waals surface area contributed by atoms with E-state index in [0.29, 0.717) is 11.4 Å². The van der Waals surface area contributed by atoms with Crippen molar-refractivity contribution in [2.24, 2.45) is 0 Å². The molecule has 5 heteroatoms. The van der Waals surface area contributed by atoms with Crippen molar-refractivity contribution in [3.05, 3.63) is 205 Å². The molecule has 0 unspecified atom stereocenters. The quantitative estimate of drug-likeness (QED) is 0.174. The molecule has 1 N–H and O–H groups in total. The number of aromatic nitrogens is 3. The largest absolute Gasteiger partial charge is 0.507 e. The number of benzene rings is 8. The molecule has 310 valence electrons. The molecule has 64 heavy (non-hydrogen) atoms. The lowest BCUT2D eigenvalue weighted by molar-refractivity contribution is 0.477. The van der Waals surface area contributed by atoms with E-state index >= 15 is 0 Å². The van der Waals surface area contributed by atoms with Crippen molar-refractivity contribution in [1.82, 2.24) is 14.5 Å². The van der Waals surface area contributed by atoms with E-state index in [1.165, 1.54) is 16.5 Å². The molecule has 0 bridgehead atoms. The third-order valence-corrected chi connectivity index (χ3v) is 13.0. The lowest BCUT2D eigenvalue weighted by Gasteiger charge is -2.27. The molecule has 0 spiro atoms. The number of phenolic OH excluding ortho intramolecular Hbond substituents is 1. The van der Waals surface area contributed by atoms with Crippen LogP contribution in [0.4, 0.5) is 0 Å². The maximum atomic E-state index is 11.5. The van der Waals surface area contributed by atoms with Gasteiger partial charge in [-0.1, -0.05) is 162 Å². The monoisotopic (exact) mass is 829 g/mol. The van der Waals surface area contributed by atoms with Gasteiger partial charge in [0.15, 0.2) is 5.58 Å². The Balaban J connectivity index is 1.20. The zero-order valence-corrected chi connectivity index (χ0v) is 36.6.